The van der Waals surface area contributed by atoms with E-state index < -0.39 is 54.0 Å². The van der Waals surface area contributed by atoms with Crippen molar-refractivity contribution in [3.63, 3.8) is 0 Å². The van der Waals surface area contributed by atoms with E-state index in [1.807, 2.05) is 57.2 Å². The van der Waals surface area contributed by atoms with E-state index in [0.29, 0.717) is 114 Å². The number of hydrogen-bond donors (Lipinski definition) is 3. The number of ketones is 3. The summed E-state index contributed by atoms with van der Waals surface area (Å²) in [7, 11) is 3.87. The highest BCUT2D eigenvalue weighted by atomic mass is 19.4. The minimum Gasteiger partial charge on any atom is -0.494 e. The first kappa shape index (κ1) is 81.9. The summed E-state index contributed by atoms with van der Waals surface area (Å²) in [6.45, 7) is 9.52. The number of hydrogen-bond acceptors (Lipinski definition) is 20. The average Bonchev–Trinajstić information content (AvgIpc) is 1.64. The fraction of sp³-hybridized carbons (Fsp3) is 0.352. The topological polar surface area (TPSA) is 252 Å². The molecule has 0 spiro atoms. The number of imidazole rings is 3. The molecule has 8 heterocycles. The Morgan fingerprint density at radius 1 is 0.429 bits per heavy atom. The zero-order valence-corrected chi connectivity index (χ0v) is 66.1. The molecule has 3 aliphatic carbocycles. The first-order valence-electron chi connectivity index (χ1n) is 39.4. The molecule has 2 saturated heterocycles. The van der Waals surface area contributed by atoms with Crippen molar-refractivity contribution in [2.24, 2.45) is 29.6 Å². The Morgan fingerprint density at radius 3 is 1.16 bits per heavy atom. The maximum Gasteiger partial charge on any atom is 0.390 e. The van der Waals surface area contributed by atoms with Gasteiger partial charge in [0.05, 0.1) is 93.7 Å². The molecule has 5 fully saturated rings. The first-order valence-corrected chi connectivity index (χ1v) is 39.4. The lowest BCUT2D eigenvalue weighted by molar-refractivity contribution is -0.131. The molecule has 0 atom stereocenters. The molecule has 31 heteroatoms. The van der Waals surface area contributed by atoms with Crippen molar-refractivity contribution in [2.75, 3.05) is 83.3 Å². The Hall–Kier alpha value is -12.3. The molecule has 119 heavy (non-hydrogen) atoms. The number of ether oxygens (including phenoxy) is 8. The van der Waals surface area contributed by atoms with Crippen molar-refractivity contribution in [3.8, 4) is 85.9 Å². The predicted molar refractivity (Wildman–Crippen MR) is 427 cm³/mol. The average molecular weight is 1640 g/mol. The number of rotatable bonds is 30. The summed E-state index contributed by atoms with van der Waals surface area (Å²) in [5.41, 5.74) is 11.8. The Morgan fingerprint density at radius 2 is 0.798 bits per heavy atom. The highest BCUT2D eigenvalue weighted by Gasteiger charge is 2.32. The summed E-state index contributed by atoms with van der Waals surface area (Å²) < 4.78 is 158. The third kappa shape index (κ3) is 19.3. The molecular formula is C88H86F8N12O11. The van der Waals surface area contributed by atoms with Crippen LogP contribution in [0.2, 0.25) is 0 Å². The van der Waals surface area contributed by atoms with Crippen LogP contribution < -0.4 is 44.4 Å². The van der Waals surface area contributed by atoms with Crippen molar-refractivity contribution in [1.82, 2.24) is 43.8 Å². The molecule has 17 rings (SSSR count). The second kappa shape index (κ2) is 35.5. The summed E-state index contributed by atoms with van der Waals surface area (Å²) in [6.07, 6.45) is 9.71. The van der Waals surface area contributed by atoms with Gasteiger partial charge in [-0.25, -0.2) is 32.9 Å². The Labute approximate surface area is 678 Å². The van der Waals surface area contributed by atoms with E-state index in [1.54, 1.807) is 57.8 Å². The number of alkyl halides is 3. The molecule has 620 valence electrons. The number of fused-ring (bicyclic) bond motifs is 3. The number of halogens is 8. The Balaban J connectivity index is 0.000000139. The Kier molecular flexibility index (Phi) is 24.4. The van der Waals surface area contributed by atoms with Gasteiger partial charge < -0.3 is 53.8 Å². The van der Waals surface area contributed by atoms with E-state index in [1.165, 1.54) is 68.4 Å². The van der Waals surface area contributed by atoms with Crippen LogP contribution in [0.15, 0.2) is 134 Å². The van der Waals surface area contributed by atoms with Crippen molar-refractivity contribution < 1.29 is 87.4 Å². The van der Waals surface area contributed by atoms with Crippen molar-refractivity contribution >= 4 is 51.4 Å². The van der Waals surface area contributed by atoms with Gasteiger partial charge in [-0.15, -0.1) is 15.3 Å². The normalized spacial score (nSPS) is 14.8. The standard InChI is InChI=1S/C31H32F2N4O4.C29H29FN4O4.C28H25F5N4O3/c1-18-13-21(5-6-22(18)25(38)14-19-3-4-19)24-17-35-31-23(34-16-20-9-11-40-12-10-20)15-28(36-37(24)31)41-27-8-7-26(39-2)29(32)30(27)33;1-17-9-20(5-7-22(17)26(35)10-18-3-4-18)25-14-32-29-24(31-13-19-15-37-16-19)12-28(33-34(25)29)38-21-6-8-27(36-2)23(30)11-21;1-15-11-17(5-6-18(15)21(38)12-16-3-4-16)20-14-35-27-19(34-10-9-28(31,32)33)13-24(36-37(20)27)40-23-8-7-22(39-2)25(29)26(23)30/h5-8,13,15,17,19-20,34H,3-4,9-12,14,16H2,1-2H3;5-9,11-12,14,18-19,31H,3-4,10,13,15-16H2,1-2H3;5-8,11,13-14,16,34H,3-4,9-10,12H2,1-2H3. The number of nitrogens with zero attached hydrogens (tertiary/aromatic N) is 9. The number of aromatic nitrogens is 9. The van der Waals surface area contributed by atoms with Gasteiger partial charge in [-0.05, 0) is 167 Å². The predicted octanol–water partition coefficient (Wildman–Crippen LogP) is 19.4. The minimum absolute atomic E-state index is 0.0580. The number of aryl methyl sites for hydroxylation is 3. The number of benzene rings is 6. The summed E-state index contributed by atoms with van der Waals surface area (Å²) in [5, 5.41) is 23.2. The fourth-order valence-corrected chi connectivity index (χ4v) is 14.2. The lowest BCUT2D eigenvalue weighted by atomic mass is 9.98. The van der Waals surface area contributed by atoms with E-state index in [-0.39, 0.29) is 69.3 Å². The zero-order valence-electron chi connectivity index (χ0n) is 66.1. The van der Waals surface area contributed by atoms with Gasteiger partial charge in [-0.1, -0.05) is 36.4 Å². The van der Waals surface area contributed by atoms with Gasteiger partial charge in [0.2, 0.25) is 40.9 Å². The van der Waals surface area contributed by atoms with Crippen molar-refractivity contribution in [2.45, 2.75) is 104 Å². The molecule has 2 aliphatic heterocycles. The van der Waals surface area contributed by atoms with Gasteiger partial charge in [0.1, 0.15) is 5.75 Å². The summed E-state index contributed by atoms with van der Waals surface area (Å²) in [5.74, 6) is -3.46. The fourth-order valence-electron chi connectivity index (χ4n) is 14.2. The van der Waals surface area contributed by atoms with E-state index in [9.17, 15) is 49.5 Å². The van der Waals surface area contributed by atoms with Crippen LogP contribution in [0.1, 0.15) is 125 Å². The van der Waals surface area contributed by atoms with Crippen molar-refractivity contribution in [3.05, 3.63) is 196 Å². The zero-order chi connectivity index (χ0) is 83.3. The molecule has 0 amide bonds. The van der Waals surface area contributed by atoms with Crippen LogP contribution in [0.3, 0.4) is 0 Å². The molecule has 0 bridgehead atoms. The molecule has 5 aliphatic rings. The molecule has 3 saturated carbocycles. The van der Waals surface area contributed by atoms with Crippen LogP contribution in [-0.4, -0.2) is 135 Å². The monoisotopic (exact) mass is 1640 g/mol. The van der Waals surface area contributed by atoms with Gasteiger partial charge in [-0.3, -0.25) is 14.4 Å². The van der Waals surface area contributed by atoms with Gasteiger partial charge >= 0.3 is 6.18 Å². The SMILES string of the molecule is COc1ccc(Oc2cc(NCC3CCOCC3)c3ncc(-c4ccc(C(=O)CC5CC5)c(C)c4)n3n2)c(F)c1F.COc1ccc(Oc2cc(NCC3COC3)c3ncc(-c4ccc(C(=O)CC5CC5)c(C)c4)n3n2)cc1F.COc1ccc(Oc2cc(NCCC(F)(F)F)c3ncc(-c4ccc(C(=O)CC5CC5)c(C)c4)n3n2)c(F)c1F. The molecule has 12 aromatic rings. The summed E-state index contributed by atoms with van der Waals surface area (Å²) >= 11 is 0. The van der Waals surface area contributed by atoms with Crippen LogP contribution in [0, 0.1) is 79.4 Å². The number of anilines is 3. The largest absolute Gasteiger partial charge is 0.494 e. The third-order valence-corrected chi connectivity index (χ3v) is 21.5. The number of carbonyl (C=O) groups excluding carboxylic acids is 3. The molecule has 23 nitrogen and oxygen atoms in total. The number of carbonyl (C=O) groups is 3. The first-order chi connectivity index (χ1) is 57.4. The maximum atomic E-state index is 14.8. The van der Waals surface area contributed by atoms with Crippen LogP contribution in [0.5, 0.6) is 52.1 Å². The maximum absolute atomic E-state index is 14.8. The second-order valence-electron chi connectivity index (χ2n) is 30.5. The lowest BCUT2D eigenvalue weighted by Crippen LogP contribution is -2.33. The van der Waals surface area contributed by atoms with Crippen LogP contribution >= 0.6 is 0 Å². The van der Waals surface area contributed by atoms with Crippen molar-refractivity contribution in [1.29, 1.82) is 0 Å². The molecule has 0 radical (unpaired) electrons. The summed E-state index contributed by atoms with van der Waals surface area (Å²) in [4.78, 5) is 51.7. The minimum atomic E-state index is -4.39. The molecule has 6 aromatic carbocycles. The van der Waals surface area contributed by atoms with E-state index in [4.69, 9.17) is 37.9 Å². The van der Waals surface area contributed by atoms with Gasteiger partial charge in [-0.2, -0.15) is 30.7 Å². The summed E-state index contributed by atoms with van der Waals surface area (Å²) in [6, 6.07) is 30.8. The van der Waals surface area contributed by atoms with Gasteiger partial charge in [0, 0.05) is 116 Å². The number of nitrogens with one attached hydrogen (secondary N) is 3. The smallest absolute Gasteiger partial charge is 0.390 e. The van der Waals surface area contributed by atoms with Gasteiger partial charge in [0.15, 0.2) is 68.9 Å². The van der Waals surface area contributed by atoms with E-state index in [2.05, 4.69) is 46.2 Å². The van der Waals surface area contributed by atoms with E-state index >= 15 is 0 Å². The lowest BCUT2D eigenvalue weighted by Gasteiger charge is -2.26. The molecule has 0 unspecified atom stereocenters. The molecule has 3 N–H and O–H groups in total. The second-order valence-corrected chi connectivity index (χ2v) is 30.5. The van der Waals surface area contributed by atoms with Gasteiger partial charge in [0.25, 0.3) is 0 Å². The molecule has 6 aromatic heterocycles. The quantitative estimate of drug-likeness (QED) is 0.0279. The highest BCUT2D eigenvalue weighted by Crippen LogP contribution is 2.41. The third-order valence-electron chi connectivity index (χ3n) is 21.5. The van der Waals surface area contributed by atoms with Crippen LogP contribution in [0.4, 0.5) is 52.2 Å². The van der Waals surface area contributed by atoms with Crippen LogP contribution in [-0.2, 0) is 9.47 Å². The molecular weight excluding hydrogens is 1550 g/mol. The van der Waals surface area contributed by atoms with E-state index in [0.717, 1.165) is 128 Å². The number of methoxy groups -OCH3 is 3. The van der Waals surface area contributed by atoms with Crippen LogP contribution in [0.25, 0.3) is 50.7 Å². The Bertz CT molecular complexity index is 5800. The number of Topliss-reactive ketones (excluding diaryl/α,β-unsaturated/α-hetero) is 3. The highest BCUT2D eigenvalue weighted by molar-refractivity contribution is 6.00.